The molecule has 27 heavy (non-hydrogen) atoms. The summed E-state index contributed by atoms with van der Waals surface area (Å²) in [6.07, 6.45) is 2.85. The molecule has 2 aliphatic heterocycles. The average molecular weight is 373 g/mol. The highest BCUT2D eigenvalue weighted by Gasteiger charge is 2.31. The first kappa shape index (κ1) is 19.2. The van der Waals surface area contributed by atoms with Gasteiger partial charge in [0.05, 0.1) is 12.3 Å². The van der Waals surface area contributed by atoms with Crippen molar-refractivity contribution in [3.05, 3.63) is 35.9 Å². The summed E-state index contributed by atoms with van der Waals surface area (Å²) in [6, 6.07) is 10.3. The number of oxime groups is 1. The molecule has 1 saturated heterocycles. The van der Waals surface area contributed by atoms with E-state index in [0.29, 0.717) is 26.1 Å². The number of hydrogen-bond acceptors (Lipinski definition) is 5. The van der Waals surface area contributed by atoms with Crippen LogP contribution in [0.5, 0.6) is 0 Å². The molecule has 1 aromatic carbocycles. The topological polar surface area (TPSA) is 80.2 Å². The number of benzene rings is 1. The molecule has 7 nitrogen and oxygen atoms in total. The Morgan fingerprint density at radius 3 is 2.67 bits per heavy atom. The molecular weight excluding hydrogens is 346 g/mol. The maximum Gasteiger partial charge on any atom is 0.409 e. The van der Waals surface area contributed by atoms with Crippen molar-refractivity contribution in [2.24, 2.45) is 5.16 Å². The van der Waals surface area contributed by atoms with Gasteiger partial charge in [0.15, 0.2) is 0 Å². The number of rotatable bonds is 6. The van der Waals surface area contributed by atoms with Crippen LogP contribution in [-0.2, 0) is 20.8 Å². The number of carbonyl (C=O) groups excluding carboxylic acids is 2. The zero-order chi connectivity index (χ0) is 19.1. The second-order valence-corrected chi connectivity index (χ2v) is 6.91. The van der Waals surface area contributed by atoms with Crippen LogP contribution < -0.4 is 5.32 Å². The summed E-state index contributed by atoms with van der Waals surface area (Å²) in [6.45, 7) is 3.35. The van der Waals surface area contributed by atoms with Gasteiger partial charge in [0.25, 0.3) is 5.91 Å². The number of nitrogens with zero attached hydrogens (tertiary/aromatic N) is 2. The zero-order valence-electron chi connectivity index (χ0n) is 15.7. The van der Waals surface area contributed by atoms with Crippen LogP contribution in [0, 0.1) is 0 Å². The minimum absolute atomic E-state index is 0.0557. The molecule has 2 heterocycles. The Labute approximate surface area is 159 Å². The number of piperidine rings is 1. The van der Waals surface area contributed by atoms with Crippen molar-refractivity contribution in [3.8, 4) is 0 Å². The van der Waals surface area contributed by atoms with E-state index in [9.17, 15) is 9.59 Å². The van der Waals surface area contributed by atoms with E-state index in [2.05, 4.69) is 22.6 Å². The van der Waals surface area contributed by atoms with E-state index in [1.165, 1.54) is 5.56 Å². The Balaban J connectivity index is 1.37. The molecule has 0 aromatic heterocycles. The lowest BCUT2D eigenvalue weighted by Crippen LogP contribution is -2.49. The van der Waals surface area contributed by atoms with Gasteiger partial charge in [-0.15, -0.1) is 0 Å². The maximum absolute atomic E-state index is 12.4. The standard InChI is InChI=1S/C20H27N3O4/c1-2-26-20(25)23-12-10-16(11-13-23)21-19(24)18-14-17(22-27-18)9-8-15-6-4-3-5-7-15/h3-7,16,18H,2,8-14H2,1H3,(H,21,24)/t18-/m1/s1. The van der Waals surface area contributed by atoms with Gasteiger partial charge in [-0.05, 0) is 38.2 Å². The molecule has 0 unspecified atom stereocenters. The molecule has 0 radical (unpaired) electrons. The summed E-state index contributed by atoms with van der Waals surface area (Å²) in [5.74, 6) is -0.122. The predicted octanol–water partition coefficient (Wildman–Crippen LogP) is 2.50. The predicted molar refractivity (Wildman–Crippen MR) is 101 cm³/mol. The zero-order valence-corrected chi connectivity index (χ0v) is 15.7. The van der Waals surface area contributed by atoms with Crippen LogP contribution in [0.1, 0.15) is 38.2 Å². The molecule has 146 valence electrons. The SMILES string of the molecule is CCOC(=O)N1CCC(NC(=O)[C@H]2CC(CCc3ccccc3)=NO2)CC1. The average Bonchev–Trinajstić information content (AvgIpc) is 3.17. The van der Waals surface area contributed by atoms with E-state index in [0.717, 1.165) is 31.4 Å². The van der Waals surface area contributed by atoms with E-state index < -0.39 is 6.10 Å². The van der Waals surface area contributed by atoms with E-state index >= 15 is 0 Å². The number of carbonyl (C=O) groups is 2. The number of likely N-dealkylation sites (tertiary alicyclic amines) is 1. The van der Waals surface area contributed by atoms with Crippen molar-refractivity contribution in [1.29, 1.82) is 0 Å². The van der Waals surface area contributed by atoms with Crippen molar-refractivity contribution in [2.75, 3.05) is 19.7 Å². The van der Waals surface area contributed by atoms with Crippen molar-refractivity contribution in [2.45, 2.75) is 51.2 Å². The van der Waals surface area contributed by atoms with Gasteiger partial charge in [-0.3, -0.25) is 4.79 Å². The highest BCUT2D eigenvalue weighted by atomic mass is 16.6. The quantitative estimate of drug-likeness (QED) is 0.831. The van der Waals surface area contributed by atoms with Gasteiger partial charge < -0.3 is 19.8 Å². The largest absolute Gasteiger partial charge is 0.450 e. The first-order valence-corrected chi connectivity index (χ1v) is 9.63. The number of aryl methyl sites for hydroxylation is 1. The van der Waals surface area contributed by atoms with Crippen LogP contribution in [0.2, 0.25) is 0 Å². The third kappa shape index (κ3) is 5.45. The molecule has 0 bridgehead atoms. The maximum atomic E-state index is 12.4. The van der Waals surface area contributed by atoms with Gasteiger partial charge in [-0.1, -0.05) is 35.5 Å². The highest BCUT2D eigenvalue weighted by Crippen LogP contribution is 2.17. The van der Waals surface area contributed by atoms with E-state index in [-0.39, 0.29) is 18.0 Å². The summed E-state index contributed by atoms with van der Waals surface area (Å²) in [4.78, 5) is 31.2. The normalized spacial score (nSPS) is 20.0. The minimum Gasteiger partial charge on any atom is -0.450 e. The second-order valence-electron chi connectivity index (χ2n) is 6.91. The van der Waals surface area contributed by atoms with Gasteiger partial charge in [-0.25, -0.2) is 4.79 Å². The lowest BCUT2D eigenvalue weighted by Gasteiger charge is -2.31. The molecule has 2 amide bonds. The van der Waals surface area contributed by atoms with Crippen LogP contribution in [0.15, 0.2) is 35.5 Å². The number of ether oxygens (including phenoxy) is 1. The molecule has 7 heteroatoms. The fraction of sp³-hybridized carbons (Fsp3) is 0.550. The number of hydrogen-bond donors (Lipinski definition) is 1. The minimum atomic E-state index is -0.543. The van der Waals surface area contributed by atoms with E-state index in [4.69, 9.17) is 9.57 Å². The van der Waals surface area contributed by atoms with Crippen LogP contribution in [-0.4, -0.2) is 54.5 Å². The molecule has 3 rings (SSSR count). The summed E-state index contributed by atoms with van der Waals surface area (Å²) < 4.78 is 5.01. The van der Waals surface area contributed by atoms with Gasteiger partial charge in [0.2, 0.25) is 6.10 Å². The molecule has 1 N–H and O–H groups in total. The lowest BCUT2D eigenvalue weighted by atomic mass is 10.0. The van der Waals surface area contributed by atoms with Crippen molar-refractivity contribution in [3.63, 3.8) is 0 Å². The third-order valence-electron chi connectivity index (χ3n) is 4.93. The summed E-state index contributed by atoms with van der Waals surface area (Å²) >= 11 is 0. The molecule has 0 saturated carbocycles. The molecule has 1 atom stereocenters. The van der Waals surface area contributed by atoms with Crippen LogP contribution in [0.4, 0.5) is 4.79 Å². The van der Waals surface area contributed by atoms with E-state index in [1.807, 2.05) is 18.2 Å². The third-order valence-corrected chi connectivity index (χ3v) is 4.93. The molecule has 0 aliphatic carbocycles. The number of amides is 2. The Morgan fingerprint density at radius 2 is 1.96 bits per heavy atom. The van der Waals surface area contributed by atoms with Crippen molar-refractivity contribution in [1.82, 2.24) is 10.2 Å². The van der Waals surface area contributed by atoms with Gasteiger partial charge in [0, 0.05) is 25.6 Å². The Bertz CT molecular complexity index is 669. The molecular formula is C20H27N3O4. The number of nitrogens with one attached hydrogen (secondary N) is 1. The lowest BCUT2D eigenvalue weighted by molar-refractivity contribution is -0.132. The molecule has 1 aromatic rings. The molecule has 1 fully saturated rings. The van der Waals surface area contributed by atoms with Gasteiger partial charge in [0.1, 0.15) is 0 Å². The highest BCUT2D eigenvalue weighted by molar-refractivity contribution is 5.93. The summed E-state index contributed by atoms with van der Waals surface area (Å²) in [5, 5.41) is 7.12. The second kappa shape index (κ2) is 9.39. The van der Waals surface area contributed by atoms with Crippen LogP contribution in [0.25, 0.3) is 0 Å². The monoisotopic (exact) mass is 373 g/mol. The first-order chi connectivity index (χ1) is 13.2. The molecule has 0 spiro atoms. The summed E-state index contributed by atoms with van der Waals surface area (Å²) in [7, 11) is 0. The fourth-order valence-corrected chi connectivity index (χ4v) is 3.36. The Hall–Kier alpha value is -2.57. The van der Waals surface area contributed by atoms with Crippen molar-refractivity contribution < 1.29 is 19.2 Å². The van der Waals surface area contributed by atoms with Crippen LogP contribution >= 0.6 is 0 Å². The van der Waals surface area contributed by atoms with E-state index in [1.54, 1.807) is 11.8 Å². The molecule has 2 aliphatic rings. The van der Waals surface area contributed by atoms with Gasteiger partial charge in [-0.2, -0.15) is 0 Å². The Morgan fingerprint density at radius 1 is 1.22 bits per heavy atom. The first-order valence-electron chi connectivity index (χ1n) is 9.63. The van der Waals surface area contributed by atoms with Crippen molar-refractivity contribution >= 4 is 17.7 Å². The van der Waals surface area contributed by atoms with Gasteiger partial charge >= 0.3 is 6.09 Å². The smallest absolute Gasteiger partial charge is 0.409 e. The fourth-order valence-electron chi connectivity index (χ4n) is 3.36. The Kier molecular flexibility index (Phi) is 6.68. The van der Waals surface area contributed by atoms with Crippen LogP contribution in [0.3, 0.4) is 0 Å². The summed E-state index contributed by atoms with van der Waals surface area (Å²) in [5.41, 5.74) is 2.18.